The Morgan fingerprint density at radius 3 is 2.56 bits per heavy atom. The summed E-state index contributed by atoms with van der Waals surface area (Å²) in [6, 6.07) is 3.21. The van der Waals surface area contributed by atoms with Crippen LogP contribution < -0.4 is 4.72 Å². The molecule has 0 saturated carbocycles. The summed E-state index contributed by atoms with van der Waals surface area (Å²) in [5.41, 5.74) is 1.95. The van der Waals surface area contributed by atoms with E-state index in [-0.39, 0.29) is 6.61 Å². The van der Waals surface area contributed by atoms with Gasteiger partial charge >= 0.3 is 5.97 Å². The molecule has 25 heavy (non-hydrogen) atoms. The van der Waals surface area contributed by atoms with Crippen molar-refractivity contribution in [2.75, 3.05) is 17.6 Å². The van der Waals surface area contributed by atoms with Crippen molar-refractivity contribution in [3.8, 4) is 0 Å². The zero-order valence-electron chi connectivity index (χ0n) is 14.5. The van der Waals surface area contributed by atoms with E-state index in [1.807, 2.05) is 19.9 Å². The van der Waals surface area contributed by atoms with Crippen molar-refractivity contribution in [1.29, 1.82) is 0 Å². The Kier molecular flexibility index (Phi) is 5.95. The van der Waals surface area contributed by atoms with Gasteiger partial charge in [-0.25, -0.2) is 13.2 Å². The molecule has 0 saturated heterocycles. The lowest BCUT2D eigenvalue weighted by Gasteiger charge is -2.07. The lowest BCUT2D eigenvalue weighted by atomic mass is 10.0. The van der Waals surface area contributed by atoms with E-state index in [2.05, 4.69) is 20.7 Å². The lowest BCUT2D eigenvalue weighted by molar-refractivity contribution is 0.0527. The van der Waals surface area contributed by atoms with Gasteiger partial charge in [-0.05, 0) is 47.8 Å². The first-order valence-electron chi connectivity index (χ1n) is 7.78. The van der Waals surface area contributed by atoms with Crippen molar-refractivity contribution in [3.63, 3.8) is 0 Å². The number of esters is 1. The summed E-state index contributed by atoms with van der Waals surface area (Å²) in [6.45, 7) is 5.81. The number of fused-ring (bicyclic) bond motifs is 1. The van der Waals surface area contributed by atoms with Crippen molar-refractivity contribution in [3.05, 3.63) is 34.0 Å². The number of carbonyl (C=O) groups is 1. The van der Waals surface area contributed by atoms with E-state index in [9.17, 15) is 13.2 Å². The van der Waals surface area contributed by atoms with Crippen LogP contribution >= 0.6 is 15.9 Å². The third-order valence-electron chi connectivity index (χ3n) is 3.57. The summed E-state index contributed by atoms with van der Waals surface area (Å²) < 4.78 is 37.0. The van der Waals surface area contributed by atoms with Crippen LogP contribution in [0.4, 0.5) is 5.69 Å². The SMILES string of the molecule is C/C=C(\CC)c1oc2cc(NS(C)(=O)=O)c(Br)cc2c1C(=O)OCC. The van der Waals surface area contributed by atoms with Gasteiger partial charge in [-0.3, -0.25) is 4.72 Å². The molecular formula is C17H20BrNO5S. The van der Waals surface area contributed by atoms with Crippen molar-refractivity contribution in [2.24, 2.45) is 0 Å². The van der Waals surface area contributed by atoms with Crippen LogP contribution in [0.5, 0.6) is 0 Å². The number of anilines is 1. The van der Waals surface area contributed by atoms with Gasteiger partial charge in [0, 0.05) is 15.9 Å². The molecule has 0 unspecified atom stereocenters. The maximum atomic E-state index is 12.5. The number of carbonyl (C=O) groups excluding carboxylic acids is 1. The maximum absolute atomic E-state index is 12.5. The van der Waals surface area contributed by atoms with Crippen LogP contribution in [0.2, 0.25) is 0 Å². The van der Waals surface area contributed by atoms with E-state index < -0.39 is 16.0 Å². The molecule has 8 heteroatoms. The standard InChI is InChI=1S/C17H20BrNO5S/c1-5-10(6-2)16-15(17(20)23-7-3)11-8-12(18)13(9-14(11)24-16)19-25(4,21)22/h5,8-9,19H,6-7H2,1-4H3/b10-5+. The number of furan rings is 1. The van der Waals surface area contributed by atoms with Crippen LogP contribution in [-0.4, -0.2) is 27.2 Å². The maximum Gasteiger partial charge on any atom is 0.342 e. The first kappa shape index (κ1) is 19.5. The minimum Gasteiger partial charge on any atom is -0.462 e. The fourth-order valence-electron chi connectivity index (χ4n) is 2.52. The Balaban J connectivity index is 2.75. The fourth-order valence-corrected chi connectivity index (χ4v) is 3.66. The third kappa shape index (κ3) is 4.24. The monoisotopic (exact) mass is 429 g/mol. The molecule has 2 rings (SSSR count). The molecule has 1 N–H and O–H groups in total. The van der Waals surface area contributed by atoms with E-state index >= 15 is 0 Å². The summed E-state index contributed by atoms with van der Waals surface area (Å²) in [5.74, 6) is -0.0263. The zero-order chi connectivity index (χ0) is 18.8. The summed E-state index contributed by atoms with van der Waals surface area (Å²) >= 11 is 3.34. The molecule has 1 aromatic carbocycles. The van der Waals surface area contributed by atoms with E-state index in [4.69, 9.17) is 9.15 Å². The second-order valence-corrected chi connectivity index (χ2v) is 8.00. The van der Waals surface area contributed by atoms with Gasteiger partial charge in [0.15, 0.2) is 0 Å². The second kappa shape index (κ2) is 7.61. The van der Waals surface area contributed by atoms with Crippen LogP contribution in [0.1, 0.15) is 43.3 Å². The van der Waals surface area contributed by atoms with Crippen molar-refractivity contribution >= 4 is 54.2 Å². The van der Waals surface area contributed by atoms with Crippen LogP contribution in [-0.2, 0) is 14.8 Å². The molecule has 0 aliphatic carbocycles. The largest absolute Gasteiger partial charge is 0.462 e. The number of nitrogens with one attached hydrogen (secondary N) is 1. The van der Waals surface area contributed by atoms with Gasteiger partial charge in [0.2, 0.25) is 10.0 Å². The van der Waals surface area contributed by atoms with Gasteiger partial charge in [0.1, 0.15) is 16.9 Å². The summed E-state index contributed by atoms with van der Waals surface area (Å²) in [4.78, 5) is 12.5. The second-order valence-electron chi connectivity index (χ2n) is 5.40. The van der Waals surface area contributed by atoms with Gasteiger partial charge in [-0.2, -0.15) is 0 Å². The average molecular weight is 430 g/mol. The van der Waals surface area contributed by atoms with Gasteiger partial charge < -0.3 is 9.15 Å². The van der Waals surface area contributed by atoms with Crippen molar-refractivity contribution < 1.29 is 22.4 Å². The quantitative estimate of drug-likeness (QED) is 0.680. The van der Waals surface area contributed by atoms with Gasteiger partial charge in [0.25, 0.3) is 0 Å². The lowest BCUT2D eigenvalue weighted by Crippen LogP contribution is -2.10. The highest BCUT2D eigenvalue weighted by atomic mass is 79.9. The summed E-state index contributed by atoms with van der Waals surface area (Å²) in [6.07, 6.45) is 3.62. The molecule has 6 nitrogen and oxygen atoms in total. The number of rotatable bonds is 6. The van der Waals surface area contributed by atoms with E-state index in [0.29, 0.717) is 38.9 Å². The van der Waals surface area contributed by atoms with Gasteiger partial charge in [-0.1, -0.05) is 13.0 Å². The van der Waals surface area contributed by atoms with Gasteiger partial charge in [-0.15, -0.1) is 0 Å². The molecule has 2 aromatic rings. The average Bonchev–Trinajstić information content (AvgIpc) is 2.86. The Bertz CT molecular complexity index is 944. The molecular weight excluding hydrogens is 410 g/mol. The number of hydrogen-bond acceptors (Lipinski definition) is 5. The number of benzene rings is 1. The van der Waals surface area contributed by atoms with Crippen LogP contribution in [0.15, 0.2) is 27.1 Å². The number of sulfonamides is 1. The first-order valence-corrected chi connectivity index (χ1v) is 10.5. The van der Waals surface area contributed by atoms with Crippen LogP contribution in [0, 0.1) is 0 Å². The van der Waals surface area contributed by atoms with E-state index in [1.54, 1.807) is 19.1 Å². The molecule has 1 aromatic heterocycles. The predicted octanol–water partition coefficient (Wildman–Crippen LogP) is 4.56. The smallest absolute Gasteiger partial charge is 0.342 e. The Morgan fingerprint density at radius 1 is 1.36 bits per heavy atom. The summed E-state index contributed by atoms with van der Waals surface area (Å²) in [7, 11) is -3.45. The molecule has 0 fully saturated rings. The molecule has 136 valence electrons. The minimum atomic E-state index is -3.45. The van der Waals surface area contributed by atoms with E-state index in [0.717, 1.165) is 11.8 Å². The third-order valence-corrected chi connectivity index (χ3v) is 4.82. The molecule has 0 amide bonds. The number of ether oxygens (including phenoxy) is 1. The molecule has 0 bridgehead atoms. The zero-order valence-corrected chi connectivity index (χ0v) is 16.9. The Morgan fingerprint density at radius 2 is 2.04 bits per heavy atom. The topological polar surface area (TPSA) is 85.6 Å². The molecule has 0 aliphatic heterocycles. The minimum absolute atomic E-state index is 0.247. The molecule has 0 spiro atoms. The van der Waals surface area contributed by atoms with Gasteiger partial charge in [0.05, 0.1) is 18.6 Å². The van der Waals surface area contributed by atoms with Crippen LogP contribution in [0.3, 0.4) is 0 Å². The Labute approximate surface area is 155 Å². The number of hydrogen-bond donors (Lipinski definition) is 1. The highest BCUT2D eigenvalue weighted by Crippen LogP contribution is 2.37. The number of allylic oxidation sites excluding steroid dienone is 2. The highest BCUT2D eigenvalue weighted by molar-refractivity contribution is 9.10. The molecule has 0 aliphatic rings. The molecule has 0 atom stereocenters. The van der Waals surface area contributed by atoms with Crippen molar-refractivity contribution in [1.82, 2.24) is 0 Å². The molecule has 1 heterocycles. The van der Waals surface area contributed by atoms with E-state index in [1.165, 1.54) is 0 Å². The molecule has 0 radical (unpaired) electrons. The number of halogens is 1. The summed E-state index contributed by atoms with van der Waals surface area (Å²) in [5, 5.41) is 0.562. The normalized spacial score (nSPS) is 12.4. The predicted molar refractivity (Wildman–Crippen MR) is 102 cm³/mol. The fraction of sp³-hybridized carbons (Fsp3) is 0.353. The van der Waals surface area contributed by atoms with Crippen molar-refractivity contribution in [2.45, 2.75) is 27.2 Å². The highest BCUT2D eigenvalue weighted by Gasteiger charge is 2.25. The Hall–Kier alpha value is -1.80. The van der Waals surface area contributed by atoms with Crippen LogP contribution in [0.25, 0.3) is 16.5 Å². The first-order chi connectivity index (χ1) is 11.7.